The Morgan fingerprint density at radius 2 is 1.91 bits per heavy atom. The highest BCUT2D eigenvalue weighted by Crippen LogP contribution is 2.19. The maximum atomic E-state index is 12.3. The number of anilines is 1. The molecule has 0 radical (unpaired) electrons. The molecule has 1 aromatic carbocycles. The van der Waals surface area contributed by atoms with Gasteiger partial charge in [-0.25, -0.2) is 4.79 Å². The second-order valence-electron chi connectivity index (χ2n) is 5.21. The first-order valence-electron chi connectivity index (χ1n) is 7.09. The van der Waals surface area contributed by atoms with E-state index in [0.29, 0.717) is 11.4 Å². The molecule has 0 aliphatic carbocycles. The average Bonchev–Trinajstić information content (AvgIpc) is 2.82. The van der Waals surface area contributed by atoms with E-state index in [4.69, 9.17) is 9.84 Å². The Hall–Kier alpha value is -2.83. The van der Waals surface area contributed by atoms with E-state index in [1.54, 1.807) is 36.0 Å². The SMILES string of the molecule is Cc1cc(C)n(CC(=O)N(C)c2ccc(OCC(=O)O)cc2)n1. The number of benzene rings is 1. The number of nitrogens with zero attached hydrogens (tertiary/aromatic N) is 3. The number of hydrogen-bond acceptors (Lipinski definition) is 4. The summed E-state index contributed by atoms with van der Waals surface area (Å²) >= 11 is 0. The van der Waals surface area contributed by atoms with Gasteiger partial charge in [-0.1, -0.05) is 0 Å². The summed E-state index contributed by atoms with van der Waals surface area (Å²) in [6, 6.07) is 8.59. The summed E-state index contributed by atoms with van der Waals surface area (Å²) in [4.78, 5) is 24.3. The van der Waals surface area contributed by atoms with Gasteiger partial charge in [-0.05, 0) is 44.2 Å². The van der Waals surface area contributed by atoms with Gasteiger partial charge < -0.3 is 14.7 Å². The molecule has 0 saturated carbocycles. The van der Waals surface area contributed by atoms with Gasteiger partial charge in [0.15, 0.2) is 6.61 Å². The first-order chi connectivity index (χ1) is 10.9. The van der Waals surface area contributed by atoms with Crippen molar-refractivity contribution in [3.8, 4) is 5.75 Å². The molecule has 1 heterocycles. The fourth-order valence-corrected chi connectivity index (χ4v) is 2.12. The number of amides is 1. The number of carboxylic acids is 1. The summed E-state index contributed by atoms with van der Waals surface area (Å²) in [7, 11) is 1.68. The number of carboxylic acid groups (broad SMARTS) is 1. The van der Waals surface area contributed by atoms with Gasteiger partial charge in [0.2, 0.25) is 5.91 Å². The van der Waals surface area contributed by atoms with Crippen LogP contribution in [0.3, 0.4) is 0 Å². The molecule has 0 spiro atoms. The minimum absolute atomic E-state index is 0.101. The van der Waals surface area contributed by atoms with Crippen LogP contribution in [-0.2, 0) is 16.1 Å². The molecule has 23 heavy (non-hydrogen) atoms. The van der Waals surface area contributed by atoms with Crippen LogP contribution in [-0.4, -0.2) is 40.4 Å². The smallest absolute Gasteiger partial charge is 0.341 e. The van der Waals surface area contributed by atoms with E-state index in [9.17, 15) is 9.59 Å². The highest BCUT2D eigenvalue weighted by molar-refractivity contribution is 5.92. The van der Waals surface area contributed by atoms with Crippen molar-refractivity contribution in [1.82, 2.24) is 9.78 Å². The molecular formula is C16H19N3O4. The molecule has 7 heteroatoms. The average molecular weight is 317 g/mol. The fraction of sp³-hybridized carbons (Fsp3) is 0.312. The van der Waals surface area contributed by atoms with Crippen LogP contribution in [0, 0.1) is 13.8 Å². The quantitative estimate of drug-likeness (QED) is 0.875. The molecule has 0 fully saturated rings. The number of hydrogen-bond donors (Lipinski definition) is 1. The highest BCUT2D eigenvalue weighted by atomic mass is 16.5. The molecule has 0 aliphatic heterocycles. The molecule has 122 valence electrons. The maximum Gasteiger partial charge on any atom is 0.341 e. The van der Waals surface area contributed by atoms with E-state index in [-0.39, 0.29) is 12.5 Å². The van der Waals surface area contributed by atoms with Gasteiger partial charge in [-0.3, -0.25) is 9.48 Å². The molecular weight excluding hydrogens is 298 g/mol. The second kappa shape index (κ2) is 6.95. The topological polar surface area (TPSA) is 84.7 Å². The Morgan fingerprint density at radius 3 is 2.43 bits per heavy atom. The Labute approximate surface area is 134 Å². The van der Waals surface area contributed by atoms with Crippen molar-refractivity contribution in [3.63, 3.8) is 0 Å². The molecule has 0 aliphatic rings. The molecule has 0 atom stereocenters. The van der Waals surface area contributed by atoms with E-state index in [1.807, 2.05) is 19.9 Å². The lowest BCUT2D eigenvalue weighted by atomic mass is 10.2. The van der Waals surface area contributed by atoms with Crippen LogP contribution in [0.5, 0.6) is 5.75 Å². The molecule has 2 aromatic rings. The van der Waals surface area contributed by atoms with E-state index < -0.39 is 12.6 Å². The molecule has 1 aromatic heterocycles. The third-order valence-electron chi connectivity index (χ3n) is 3.35. The molecule has 0 bridgehead atoms. The normalized spacial score (nSPS) is 10.4. The number of carbonyl (C=O) groups is 2. The van der Waals surface area contributed by atoms with Crippen molar-refractivity contribution in [2.24, 2.45) is 0 Å². The second-order valence-corrected chi connectivity index (χ2v) is 5.21. The summed E-state index contributed by atoms with van der Waals surface area (Å²) < 4.78 is 6.72. The number of aromatic nitrogens is 2. The number of aryl methyl sites for hydroxylation is 2. The first-order valence-corrected chi connectivity index (χ1v) is 7.09. The van der Waals surface area contributed by atoms with Crippen LogP contribution in [0.4, 0.5) is 5.69 Å². The van der Waals surface area contributed by atoms with Crippen molar-refractivity contribution < 1.29 is 19.4 Å². The van der Waals surface area contributed by atoms with Crippen LogP contribution in [0.15, 0.2) is 30.3 Å². The molecule has 2 rings (SSSR count). The zero-order chi connectivity index (χ0) is 17.0. The van der Waals surface area contributed by atoms with Gasteiger partial charge in [0.1, 0.15) is 12.3 Å². The molecule has 1 N–H and O–H groups in total. The predicted octanol–water partition coefficient (Wildman–Crippen LogP) is 1.63. The van der Waals surface area contributed by atoms with E-state index in [0.717, 1.165) is 11.4 Å². The standard InChI is InChI=1S/C16H19N3O4/c1-11-8-12(2)19(17-11)9-15(20)18(3)13-4-6-14(7-5-13)23-10-16(21)22/h4-8H,9-10H2,1-3H3,(H,21,22). The van der Waals surface area contributed by atoms with Crippen molar-refractivity contribution in [2.45, 2.75) is 20.4 Å². The number of carbonyl (C=O) groups excluding carboxylic acids is 1. The van der Waals surface area contributed by atoms with Crippen LogP contribution in [0.2, 0.25) is 0 Å². The highest BCUT2D eigenvalue weighted by Gasteiger charge is 2.13. The maximum absolute atomic E-state index is 12.3. The number of ether oxygens (including phenoxy) is 1. The van der Waals surface area contributed by atoms with Gasteiger partial charge in [-0.15, -0.1) is 0 Å². The lowest BCUT2D eigenvalue weighted by Crippen LogP contribution is -2.30. The Bertz CT molecular complexity index is 707. The summed E-state index contributed by atoms with van der Waals surface area (Å²) in [5.74, 6) is -0.697. The summed E-state index contributed by atoms with van der Waals surface area (Å²) in [6.45, 7) is 3.55. The summed E-state index contributed by atoms with van der Waals surface area (Å²) in [5.41, 5.74) is 2.50. The van der Waals surface area contributed by atoms with Crippen LogP contribution >= 0.6 is 0 Å². The van der Waals surface area contributed by atoms with Crippen molar-refractivity contribution in [3.05, 3.63) is 41.7 Å². The minimum atomic E-state index is -1.04. The van der Waals surface area contributed by atoms with Crippen molar-refractivity contribution in [2.75, 3.05) is 18.6 Å². The molecule has 7 nitrogen and oxygen atoms in total. The molecule has 0 unspecified atom stereocenters. The van der Waals surface area contributed by atoms with Gasteiger partial charge in [0, 0.05) is 18.4 Å². The first kappa shape index (κ1) is 16.5. The van der Waals surface area contributed by atoms with Crippen molar-refractivity contribution >= 4 is 17.6 Å². The van der Waals surface area contributed by atoms with E-state index in [2.05, 4.69) is 5.10 Å². The Balaban J connectivity index is 2.01. The van der Waals surface area contributed by atoms with Gasteiger partial charge in [0.25, 0.3) is 0 Å². The Morgan fingerprint density at radius 1 is 1.26 bits per heavy atom. The minimum Gasteiger partial charge on any atom is -0.482 e. The van der Waals surface area contributed by atoms with E-state index >= 15 is 0 Å². The monoisotopic (exact) mass is 317 g/mol. The largest absolute Gasteiger partial charge is 0.482 e. The van der Waals surface area contributed by atoms with Gasteiger partial charge in [-0.2, -0.15) is 5.10 Å². The Kier molecular flexibility index (Phi) is 5.00. The number of rotatable bonds is 6. The zero-order valence-electron chi connectivity index (χ0n) is 13.3. The summed E-state index contributed by atoms with van der Waals surface area (Å²) in [6.07, 6.45) is 0. The van der Waals surface area contributed by atoms with Crippen molar-refractivity contribution in [1.29, 1.82) is 0 Å². The van der Waals surface area contributed by atoms with Gasteiger partial charge >= 0.3 is 5.97 Å². The number of likely N-dealkylation sites (N-methyl/N-ethyl adjacent to an activating group) is 1. The lowest BCUT2D eigenvalue weighted by Gasteiger charge is -2.18. The molecule has 1 amide bonds. The number of aliphatic carboxylic acids is 1. The van der Waals surface area contributed by atoms with Crippen LogP contribution in [0.1, 0.15) is 11.4 Å². The third-order valence-corrected chi connectivity index (χ3v) is 3.35. The van der Waals surface area contributed by atoms with Gasteiger partial charge in [0.05, 0.1) is 5.69 Å². The summed E-state index contributed by atoms with van der Waals surface area (Å²) in [5, 5.41) is 12.8. The van der Waals surface area contributed by atoms with Crippen LogP contribution in [0.25, 0.3) is 0 Å². The zero-order valence-corrected chi connectivity index (χ0v) is 13.3. The third kappa shape index (κ3) is 4.32. The van der Waals surface area contributed by atoms with Crippen LogP contribution < -0.4 is 9.64 Å². The van der Waals surface area contributed by atoms with E-state index in [1.165, 1.54) is 4.90 Å². The fourth-order valence-electron chi connectivity index (χ4n) is 2.12. The predicted molar refractivity (Wildman–Crippen MR) is 84.7 cm³/mol. The molecule has 0 saturated heterocycles. The lowest BCUT2D eigenvalue weighted by molar-refractivity contribution is -0.139.